The third-order valence-electron chi connectivity index (χ3n) is 4.80. The fourth-order valence-electron chi connectivity index (χ4n) is 3.08. The van der Waals surface area contributed by atoms with Crippen molar-refractivity contribution in [2.24, 2.45) is 0 Å². The van der Waals surface area contributed by atoms with Crippen molar-refractivity contribution in [2.45, 2.75) is 39.8 Å². The monoisotopic (exact) mass is 550 g/mol. The summed E-state index contributed by atoms with van der Waals surface area (Å²) >= 11 is 12.7. The lowest BCUT2D eigenvalue weighted by Crippen LogP contribution is -2.33. The standard InChI is InChI=1S/C22H20Cl2N6O7/c1-5-35-22(34)36-11(4)29-20(32)13(10(2)3)8-17(28-29)37-18-14(23)6-12(7-15(18)24)30-21(33)26-19(31)16(9-25)27-30/h6-8,10-11H,5H2,1-4H3,(H,26,31,33). The summed E-state index contributed by atoms with van der Waals surface area (Å²) in [5.74, 6) is -0.415. The lowest BCUT2D eigenvalue weighted by atomic mass is 10.1. The summed E-state index contributed by atoms with van der Waals surface area (Å²) in [6.45, 7) is 6.67. The van der Waals surface area contributed by atoms with Crippen LogP contribution in [0.25, 0.3) is 5.69 Å². The Kier molecular flexibility index (Phi) is 8.36. The number of aromatic nitrogens is 5. The van der Waals surface area contributed by atoms with E-state index in [9.17, 15) is 19.2 Å². The predicted molar refractivity (Wildman–Crippen MR) is 131 cm³/mol. The summed E-state index contributed by atoms with van der Waals surface area (Å²) in [5.41, 5.74) is -2.57. The maximum absolute atomic E-state index is 12.9. The van der Waals surface area contributed by atoms with Gasteiger partial charge in [-0.2, -0.15) is 14.6 Å². The summed E-state index contributed by atoms with van der Waals surface area (Å²) in [5, 5.41) is 16.7. The second-order valence-corrected chi connectivity index (χ2v) is 8.53. The molecule has 0 bridgehead atoms. The first-order valence-corrected chi connectivity index (χ1v) is 11.5. The lowest BCUT2D eigenvalue weighted by Gasteiger charge is -2.18. The van der Waals surface area contributed by atoms with Crippen molar-refractivity contribution < 1.29 is 19.0 Å². The number of nitriles is 1. The molecule has 0 saturated carbocycles. The van der Waals surface area contributed by atoms with Gasteiger partial charge in [-0.05, 0) is 31.9 Å². The number of ether oxygens (including phenoxy) is 3. The molecule has 1 N–H and O–H groups in total. The molecule has 0 aliphatic rings. The largest absolute Gasteiger partial charge is 0.510 e. The Morgan fingerprint density at radius 3 is 2.35 bits per heavy atom. The number of nitrogens with one attached hydrogen (secondary N) is 1. The Morgan fingerprint density at radius 1 is 1.14 bits per heavy atom. The lowest BCUT2D eigenvalue weighted by molar-refractivity contribution is -0.00132. The van der Waals surface area contributed by atoms with Crippen LogP contribution in [-0.2, 0) is 9.47 Å². The Labute approximate surface area is 218 Å². The van der Waals surface area contributed by atoms with Crippen molar-refractivity contribution in [3.8, 4) is 23.4 Å². The number of benzene rings is 1. The molecule has 3 rings (SSSR count). The zero-order chi connectivity index (χ0) is 27.4. The third kappa shape index (κ3) is 5.99. The second-order valence-electron chi connectivity index (χ2n) is 7.71. The number of aromatic amines is 1. The smallest absolute Gasteiger partial charge is 0.435 e. The first-order valence-electron chi connectivity index (χ1n) is 10.7. The molecule has 1 atom stereocenters. The first kappa shape index (κ1) is 27.4. The SMILES string of the molecule is CCOC(=O)OC(C)n1nc(Oc2c(Cl)cc(-n3nc(C#N)c(=O)[nH]c3=O)cc2Cl)cc(C(C)C)c1=O. The van der Waals surface area contributed by atoms with Crippen molar-refractivity contribution in [3.05, 3.63) is 70.7 Å². The summed E-state index contributed by atoms with van der Waals surface area (Å²) in [6, 6.07) is 5.51. The number of H-pyrrole nitrogens is 1. The number of carbonyl (C=O) groups is 1. The predicted octanol–water partition coefficient (Wildman–Crippen LogP) is 3.26. The molecule has 0 fully saturated rings. The van der Waals surface area contributed by atoms with Crippen molar-refractivity contribution >= 4 is 29.4 Å². The molecular formula is C22H20Cl2N6O7. The minimum Gasteiger partial charge on any atom is -0.435 e. The number of hydrogen-bond donors (Lipinski definition) is 1. The van der Waals surface area contributed by atoms with E-state index in [2.05, 4.69) is 10.2 Å². The van der Waals surface area contributed by atoms with Crippen LogP contribution in [0, 0.1) is 11.3 Å². The van der Waals surface area contributed by atoms with Crippen LogP contribution in [0.5, 0.6) is 11.6 Å². The van der Waals surface area contributed by atoms with Gasteiger partial charge in [-0.15, -0.1) is 10.2 Å². The average Bonchev–Trinajstić information content (AvgIpc) is 2.82. The zero-order valence-corrected chi connectivity index (χ0v) is 21.5. The molecule has 15 heteroatoms. The highest BCUT2D eigenvalue weighted by Gasteiger charge is 2.21. The molecule has 0 spiro atoms. The molecule has 1 unspecified atom stereocenters. The molecule has 2 aromatic heterocycles. The van der Waals surface area contributed by atoms with E-state index in [0.717, 1.165) is 9.36 Å². The van der Waals surface area contributed by atoms with Crippen molar-refractivity contribution in [1.29, 1.82) is 5.26 Å². The molecule has 0 saturated heterocycles. The number of rotatable bonds is 7. The minimum atomic E-state index is -1.13. The molecule has 2 heterocycles. The van der Waals surface area contributed by atoms with Crippen molar-refractivity contribution in [1.82, 2.24) is 24.5 Å². The second kappa shape index (κ2) is 11.3. The highest BCUT2D eigenvalue weighted by atomic mass is 35.5. The Balaban J connectivity index is 2.05. The van der Waals surface area contributed by atoms with Gasteiger partial charge in [0.25, 0.3) is 11.1 Å². The first-order chi connectivity index (χ1) is 17.5. The van der Waals surface area contributed by atoms with Gasteiger partial charge in [0.2, 0.25) is 11.6 Å². The van der Waals surface area contributed by atoms with E-state index in [1.807, 2.05) is 4.98 Å². The van der Waals surface area contributed by atoms with Gasteiger partial charge < -0.3 is 14.2 Å². The van der Waals surface area contributed by atoms with Gasteiger partial charge >= 0.3 is 11.8 Å². The van der Waals surface area contributed by atoms with Gasteiger partial charge in [-0.25, -0.2) is 9.59 Å². The van der Waals surface area contributed by atoms with E-state index in [1.54, 1.807) is 26.8 Å². The molecule has 13 nitrogen and oxygen atoms in total. The molecule has 194 valence electrons. The fraction of sp³-hybridized carbons (Fsp3) is 0.318. The van der Waals surface area contributed by atoms with E-state index >= 15 is 0 Å². The normalized spacial score (nSPS) is 11.6. The van der Waals surface area contributed by atoms with Crippen molar-refractivity contribution in [2.75, 3.05) is 6.61 Å². The van der Waals surface area contributed by atoms with Crippen LogP contribution in [0.4, 0.5) is 4.79 Å². The molecule has 0 aliphatic heterocycles. The molecular weight excluding hydrogens is 531 g/mol. The van der Waals surface area contributed by atoms with E-state index in [-0.39, 0.29) is 39.9 Å². The molecule has 1 aromatic carbocycles. The molecule has 37 heavy (non-hydrogen) atoms. The summed E-state index contributed by atoms with van der Waals surface area (Å²) in [7, 11) is 0. The summed E-state index contributed by atoms with van der Waals surface area (Å²) in [4.78, 5) is 50.4. The molecule has 0 radical (unpaired) electrons. The van der Waals surface area contributed by atoms with Crippen LogP contribution in [0.2, 0.25) is 10.0 Å². The summed E-state index contributed by atoms with van der Waals surface area (Å²) < 4.78 is 17.3. The molecule has 0 aliphatic carbocycles. The summed E-state index contributed by atoms with van der Waals surface area (Å²) in [6.07, 6.45) is -2.11. The number of halogens is 2. The van der Waals surface area contributed by atoms with Crippen LogP contribution in [0.1, 0.15) is 51.1 Å². The van der Waals surface area contributed by atoms with E-state index < -0.39 is 34.9 Å². The van der Waals surface area contributed by atoms with Gasteiger partial charge in [0.05, 0.1) is 22.3 Å². The van der Waals surface area contributed by atoms with Crippen LogP contribution >= 0.6 is 23.2 Å². The van der Waals surface area contributed by atoms with Gasteiger partial charge in [0.1, 0.15) is 6.07 Å². The van der Waals surface area contributed by atoms with E-state index in [0.29, 0.717) is 5.56 Å². The Morgan fingerprint density at radius 2 is 1.78 bits per heavy atom. The maximum atomic E-state index is 12.9. The number of carbonyl (C=O) groups excluding carboxylic acids is 1. The quantitative estimate of drug-likeness (QED) is 0.430. The van der Waals surface area contributed by atoms with Crippen LogP contribution in [0.3, 0.4) is 0 Å². The van der Waals surface area contributed by atoms with Crippen LogP contribution in [-0.4, -0.2) is 37.3 Å². The number of hydrogen-bond acceptors (Lipinski definition) is 10. The molecule has 3 aromatic rings. The van der Waals surface area contributed by atoms with Crippen LogP contribution in [0.15, 0.2) is 32.6 Å². The Bertz CT molecular complexity index is 1550. The van der Waals surface area contributed by atoms with E-state index in [1.165, 1.54) is 25.1 Å². The molecule has 0 amide bonds. The third-order valence-corrected chi connectivity index (χ3v) is 5.37. The highest BCUT2D eigenvalue weighted by Crippen LogP contribution is 2.37. The maximum Gasteiger partial charge on any atom is 0.510 e. The Hall–Kier alpha value is -4.15. The van der Waals surface area contributed by atoms with Gasteiger partial charge in [0, 0.05) is 11.6 Å². The van der Waals surface area contributed by atoms with Gasteiger partial charge in [-0.3, -0.25) is 14.6 Å². The van der Waals surface area contributed by atoms with Crippen molar-refractivity contribution in [3.63, 3.8) is 0 Å². The van der Waals surface area contributed by atoms with Crippen LogP contribution < -0.4 is 21.5 Å². The van der Waals surface area contributed by atoms with Gasteiger partial charge in [-0.1, -0.05) is 37.0 Å². The topological polar surface area (TPSA) is 171 Å². The van der Waals surface area contributed by atoms with Gasteiger partial charge in [0.15, 0.2) is 12.0 Å². The number of nitrogens with zero attached hydrogens (tertiary/aromatic N) is 5. The average molecular weight is 551 g/mol. The minimum absolute atomic E-state index is 0.0392. The van der Waals surface area contributed by atoms with E-state index in [4.69, 9.17) is 42.7 Å². The highest BCUT2D eigenvalue weighted by molar-refractivity contribution is 6.37. The fourth-order valence-corrected chi connectivity index (χ4v) is 3.63. The zero-order valence-electron chi connectivity index (χ0n) is 19.9.